The zero-order valence-corrected chi connectivity index (χ0v) is 7.14. The molecule has 0 saturated carbocycles. The zero-order valence-electron chi connectivity index (χ0n) is 7.14. The van der Waals surface area contributed by atoms with E-state index in [4.69, 9.17) is 0 Å². The van der Waals surface area contributed by atoms with E-state index in [-0.39, 0.29) is 0 Å². The maximum Gasteiger partial charge on any atom is 0.0594 e. The van der Waals surface area contributed by atoms with Gasteiger partial charge in [-0.25, -0.2) is 0 Å². The number of nitrogens with zero attached hydrogens (tertiary/aromatic N) is 2. The van der Waals surface area contributed by atoms with Crippen LogP contribution in [0, 0.1) is 5.92 Å². The highest BCUT2D eigenvalue weighted by atomic mass is 15.5. The molecular weight excluding hydrogens is 148 g/mol. The molecule has 0 aliphatic carbocycles. The Morgan fingerprint density at radius 1 is 1.33 bits per heavy atom. The Morgan fingerprint density at radius 2 is 2.08 bits per heavy atom. The van der Waals surface area contributed by atoms with Gasteiger partial charge in [0.1, 0.15) is 0 Å². The van der Waals surface area contributed by atoms with Crippen molar-refractivity contribution in [3.8, 4) is 0 Å². The Labute approximate surface area is 72.5 Å². The molecule has 0 fully saturated rings. The lowest BCUT2D eigenvalue weighted by atomic mass is 10.2. The zero-order chi connectivity index (χ0) is 8.39. The van der Waals surface area contributed by atoms with Crippen molar-refractivity contribution in [1.29, 1.82) is 0 Å². The highest BCUT2D eigenvalue weighted by Gasteiger charge is 2.13. The van der Waals surface area contributed by atoms with Gasteiger partial charge in [0, 0.05) is 18.7 Å². The first-order valence-electron chi connectivity index (χ1n) is 4.23. The molecular formula is C10H12N2. The highest BCUT2D eigenvalue weighted by Crippen LogP contribution is 2.18. The molecule has 1 aliphatic heterocycles. The molecule has 12 heavy (non-hydrogen) atoms. The van der Waals surface area contributed by atoms with Crippen molar-refractivity contribution >= 4 is 11.9 Å². The highest BCUT2D eigenvalue weighted by molar-refractivity contribution is 5.67. The number of hydrazone groups is 1. The largest absolute Gasteiger partial charge is 0.265 e. The first kappa shape index (κ1) is 7.35. The molecule has 2 nitrogen and oxygen atoms in total. The van der Waals surface area contributed by atoms with Crippen LogP contribution in [0.1, 0.15) is 6.92 Å². The SMILES string of the molecule is C[C@@H]1C=NN(c2ccccc2)C1. The Bertz CT molecular complexity index is 279. The van der Waals surface area contributed by atoms with Gasteiger partial charge in [0.2, 0.25) is 0 Å². The van der Waals surface area contributed by atoms with Gasteiger partial charge in [-0.1, -0.05) is 25.1 Å². The third-order valence-electron chi connectivity index (χ3n) is 1.98. The van der Waals surface area contributed by atoms with Gasteiger partial charge in [0.05, 0.1) is 5.69 Å². The van der Waals surface area contributed by atoms with Gasteiger partial charge in [-0.3, -0.25) is 5.01 Å². The van der Waals surface area contributed by atoms with Crippen molar-refractivity contribution in [2.75, 3.05) is 11.6 Å². The molecule has 2 heteroatoms. The second kappa shape index (κ2) is 2.97. The Morgan fingerprint density at radius 3 is 2.67 bits per heavy atom. The predicted octanol–water partition coefficient (Wildman–Crippen LogP) is 2.13. The Kier molecular flexibility index (Phi) is 1.82. The van der Waals surface area contributed by atoms with E-state index < -0.39 is 0 Å². The van der Waals surface area contributed by atoms with E-state index in [0.29, 0.717) is 5.92 Å². The van der Waals surface area contributed by atoms with Crippen LogP contribution in [-0.2, 0) is 0 Å². The predicted molar refractivity (Wildman–Crippen MR) is 51.4 cm³/mol. The second-order valence-electron chi connectivity index (χ2n) is 3.16. The molecule has 0 spiro atoms. The monoisotopic (exact) mass is 160 g/mol. The quantitative estimate of drug-likeness (QED) is 0.614. The number of rotatable bonds is 1. The van der Waals surface area contributed by atoms with Crippen LogP contribution < -0.4 is 5.01 Å². The fraction of sp³-hybridized carbons (Fsp3) is 0.300. The van der Waals surface area contributed by atoms with Crippen molar-refractivity contribution in [1.82, 2.24) is 0 Å². The van der Waals surface area contributed by atoms with Crippen LogP contribution in [0.4, 0.5) is 5.69 Å². The molecule has 0 saturated heterocycles. The summed E-state index contributed by atoms with van der Waals surface area (Å²) in [6, 6.07) is 10.2. The van der Waals surface area contributed by atoms with E-state index in [0.717, 1.165) is 6.54 Å². The minimum Gasteiger partial charge on any atom is -0.265 e. The van der Waals surface area contributed by atoms with Crippen molar-refractivity contribution in [2.24, 2.45) is 11.0 Å². The summed E-state index contributed by atoms with van der Waals surface area (Å²) in [6.07, 6.45) is 1.99. The molecule has 1 aromatic carbocycles. The third kappa shape index (κ3) is 1.33. The van der Waals surface area contributed by atoms with Gasteiger partial charge in [0.15, 0.2) is 0 Å². The van der Waals surface area contributed by atoms with Gasteiger partial charge in [-0.15, -0.1) is 0 Å². The maximum absolute atomic E-state index is 4.30. The van der Waals surface area contributed by atoms with Crippen LogP contribution in [0.25, 0.3) is 0 Å². The van der Waals surface area contributed by atoms with Crippen molar-refractivity contribution in [3.63, 3.8) is 0 Å². The number of para-hydroxylation sites is 1. The maximum atomic E-state index is 4.30. The Balaban J connectivity index is 2.18. The molecule has 2 rings (SSSR count). The van der Waals surface area contributed by atoms with Gasteiger partial charge >= 0.3 is 0 Å². The fourth-order valence-electron chi connectivity index (χ4n) is 1.33. The van der Waals surface area contributed by atoms with E-state index in [2.05, 4.69) is 24.2 Å². The molecule has 0 unspecified atom stereocenters. The molecule has 0 bridgehead atoms. The summed E-state index contributed by atoms with van der Waals surface area (Å²) in [6.45, 7) is 3.18. The van der Waals surface area contributed by atoms with Crippen LogP contribution in [0.5, 0.6) is 0 Å². The molecule has 0 amide bonds. The molecule has 62 valence electrons. The smallest absolute Gasteiger partial charge is 0.0594 e. The fourth-order valence-corrected chi connectivity index (χ4v) is 1.33. The van der Waals surface area contributed by atoms with Crippen LogP contribution in [0.2, 0.25) is 0 Å². The molecule has 0 radical (unpaired) electrons. The molecule has 1 heterocycles. The number of hydrogen-bond donors (Lipinski definition) is 0. The van der Waals surface area contributed by atoms with Crippen LogP contribution in [0.15, 0.2) is 35.4 Å². The second-order valence-corrected chi connectivity index (χ2v) is 3.16. The summed E-state index contributed by atoms with van der Waals surface area (Å²) in [7, 11) is 0. The van der Waals surface area contributed by atoms with Crippen molar-refractivity contribution in [2.45, 2.75) is 6.92 Å². The van der Waals surface area contributed by atoms with Crippen molar-refractivity contribution in [3.05, 3.63) is 30.3 Å². The summed E-state index contributed by atoms with van der Waals surface area (Å²) in [5, 5.41) is 6.33. The van der Waals surface area contributed by atoms with Gasteiger partial charge < -0.3 is 0 Å². The van der Waals surface area contributed by atoms with E-state index >= 15 is 0 Å². The minimum atomic E-state index is 0.574. The van der Waals surface area contributed by atoms with Crippen LogP contribution >= 0.6 is 0 Å². The summed E-state index contributed by atoms with van der Waals surface area (Å²) >= 11 is 0. The number of anilines is 1. The lowest BCUT2D eigenvalue weighted by molar-refractivity contribution is 0.781. The lowest BCUT2D eigenvalue weighted by Crippen LogP contribution is -2.15. The molecule has 0 aromatic heterocycles. The summed E-state index contributed by atoms with van der Waals surface area (Å²) < 4.78 is 0. The van der Waals surface area contributed by atoms with E-state index in [1.54, 1.807) is 0 Å². The average molecular weight is 160 g/mol. The normalized spacial score (nSPS) is 21.8. The Hall–Kier alpha value is -1.31. The van der Waals surface area contributed by atoms with E-state index in [9.17, 15) is 0 Å². The first-order chi connectivity index (χ1) is 5.86. The average Bonchev–Trinajstić information content (AvgIpc) is 2.54. The van der Waals surface area contributed by atoms with E-state index in [1.165, 1.54) is 5.69 Å². The van der Waals surface area contributed by atoms with Gasteiger partial charge in [-0.2, -0.15) is 5.10 Å². The van der Waals surface area contributed by atoms with Crippen molar-refractivity contribution < 1.29 is 0 Å². The lowest BCUT2D eigenvalue weighted by Gasteiger charge is -2.13. The summed E-state index contributed by atoms with van der Waals surface area (Å²) in [4.78, 5) is 0. The summed E-state index contributed by atoms with van der Waals surface area (Å²) in [5.41, 5.74) is 1.18. The molecule has 1 aliphatic rings. The molecule has 0 N–H and O–H groups in total. The topological polar surface area (TPSA) is 15.6 Å². The van der Waals surface area contributed by atoms with Crippen LogP contribution in [0.3, 0.4) is 0 Å². The van der Waals surface area contributed by atoms with Gasteiger partial charge in [-0.05, 0) is 12.1 Å². The standard InChI is InChI=1S/C10H12N2/c1-9-7-11-12(8-9)10-5-3-2-4-6-10/h2-7,9H,8H2,1H3/t9-/m1/s1. The minimum absolute atomic E-state index is 0.574. The van der Waals surface area contributed by atoms with E-state index in [1.807, 2.05) is 29.4 Å². The van der Waals surface area contributed by atoms with Gasteiger partial charge in [0.25, 0.3) is 0 Å². The number of hydrogen-bond acceptors (Lipinski definition) is 2. The first-order valence-corrected chi connectivity index (χ1v) is 4.23. The number of benzene rings is 1. The summed E-state index contributed by atoms with van der Waals surface area (Å²) in [5.74, 6) is 0.574. The van der Waals surface area contributed by atoms with Crippen LogP contribution in [-0.4, -0.2) is 12.8 Å². The third-order valence-corrected chi connectivity index (χ3v) is 1.98. The molecule has 1 aromatic rings. The molecule has 1 atom stereocenters.